The first kappa shape index (κ1) is 22.8. The molecule has 1 aliphatic rings. The van der Waals surface area contributed by atoms with E-state index >= 15 is 0 Å². The fourth-order valence-corrected chi connectivity index (χ4v) is 3.64. The number of piperazine rings is 1. The molecule has 1 heterocycles. The van der Waals surface area contributed by atoms with Gasteiger partial charge in [-0.25, -0.2) is 5.90 Å². The van der Waals surface area contributed by atoms with Gasteiger partial charge in [-0.15, -0.1) is 0 Å². The van der Waals surface area contributed by atoms with Gasteiger partial charge in [0.1, 0.15) is 0 Å². The number of nitrogens with zero attached hydrogens (tertiary/aromatic N) is 2. The highest BCUT2D eigenvalue weighted by Crippen LogP contribution is 2.30. The van der Waals surface area contributed by atoms with Crippen LogP contribution in [0.1, 0.15) is 17.2 Å². The molecule has 5 N–H and O–H groups in total. The summed E-state index contributed by atoms with van der Waals surface area (Å²) in [5.41, 5.74) is 8.09. The molecule has 1 atom stereocenters. The zero-order valence-corrected chi connectivity index (χ0v) is 17.0. The first-order valence-electron chi connectivity index (χ1n) is 9.58. The van der Waals surface area contributed by atoms with Crippen molar-refractivity contribution in [3.63, 3.8) is 0 Å². The number of rotatable bonds is 8. The molecule has 28 heavy (non-hydrogen) atoms. The van der Waals surface area contributed by atoms with Gasteiger partial charge < -0.3 is 15.7 Å². The second-order valence-corrected chi connectivity index (χ2v) is 7.08. The van der Waals surface area contributed by atoms with Crippen molar-refractivity contribution in [1.82, 2.24) is 9.80 Å². The van der Waals surface area contributed by atoms with Crippen LogP contribution in [0, 0.1) is 0 Å². The average molecular weight is 407 g/mol. The molecule has 0 aliphatic carbocycles. The Morgan fingerprint density at radius 3 is 2.11 bits per heavy atom. The van der Waals surface area contributed by atoms with Crippen LogP contribution in [-0.2, 0) is 4.74 Å². The molecule has 6 nitrogen and oxygen atoms in total. The van der Waals surface area contributed by atoms with Crippen molar-refractivity contribution in [2.45, 2.75) is 6.04 Å². The molecular formula is C21H31ClN4O2. The van der Waals surface area contributed by atoms with Crippen molar-refractivity contribution in [2.75, 3.05) is 52.5 Å². The maximum absolute atomic E-state index is 6.50. The van der Waals surface area contributed by atoms with E-state index in [1.807, 2.05) is 12.1 Å². The molecule has 1 saturated heterocycles. The molecule has 0 radical (unpaired) electrons. The van der Waals surface area contributed by atoms with Gasteiger partial charge in [0.25, 0.3) is 0 Å². The zero-order valence-electron chi connectivity index (χ0n) is 16.2. The van der Waals surface area contributed by atoms with Gasteiger partial charge in [-0.05, 0) is 23.3 Å². The Bertz CT molecular complexity index is 649. The van der Waals surface area contributed by atoms with Crippen LogP contribution in [-0.4, -0.2) is 67.5 Å². The normalized spacial score (nSPS) is 16.3. The third-order valence-electron chi connectivity index (χ3n) is 4.89. The van der Waals surface area contributed by atoms with Crippen LogP contribution < -0.4 is 11.6 Å². The lowest BCUT2D eigenvalue weighted by Gasteiger charge is -2.39. The summed E-state index contributed by atoms with van der Waals surface area (Å²) in [6.07, 6.45) is 0. The molecule has 0 amide bonds. The third kappa shape index (κ3) is 6.83. The summed E-state index contributed by atoms with van der Waals surface area (Å²) in [6, 6.07) is 19.3. The quantitative estimate of drug-likeness (QED) is 0.460. The minimum absolute atomic E-state index is 0.268. The summed E-state index contributed by atoms with van der Waals surface area (Å²) in [7, 11) is 0. The number of hydrogen-bond acceptors (Lipinski definition) is 6. The molecule has 154 valence electrons. The Hall–Kier alpha value is -1.51. The van der Waals surface area contributed by atoms with Gasteiger partial charge in [0.05, 0.1) is 19.3 Å². The molecule has 0 unspecified atom stereocenters. The van der Waals surface area contributed by atoms with Crippen molar-refractivity contribution in [1.29, 1.82) is 0 Å². The highest BCUT2D eigenvalue weighted by molar-refractivity contribution is 6.30. The highest BCUT2D eigenvalue weighted by atomic mass is 35.5. The van der Waals surface area contributed by atoms with Gasteiger partial charge in [0.15, 0.2) is 0 Å². The second kappa shape index (κ2) is 12.9. The number of hydrogen-bond donors (Lipinski definition) is 3. The van der Waals surface area contributed by atoms with E-state index in [1.165, 1.54) is 11.1 Å². The standard InChI is InChI=1S/C21H28ClN3O.H3NO/c22-20-8-6-19(7-9-20)21(18-4-2-1-3-5-18)25-13-11-24(12-14-25)15-17-26-16-10-23;1-2/h1-9,21H,10-17,23H2;2H,1H2/t21-;/m0./s1. The Labute approximate surface area is 172 Å². The largest absolute Gasteiger partial charge is 0.379 e. The van der Waals surface area contributed by atoms with E-state index in [2.05, 4.69) is 58.2 Å². The van der Waals surface area contributed by atoms with Gasteiger partial charge in [-0.1, -0.05) is 54.1 Å². The molecule has 1 aliphatic heterocycles. The SMILES string of the molecule is NCCOCCN1CCN([C@@H](c2ccccc2)c2ccc(Cl)cc2)CC1.NO. The maximum atomic E-state index is 6.50. The molecule has 0 bridgehead atoms. The van der Waals surface area contributed by atoms with Crippen LogP contribution in [0.15, 0.2) is 54.6 Å². The summed E-state index contributed by atoms with van der Waals surface area (Å²) in [5, 5.41) is 7.28. The molecule has 0 saturated carbocycles. The van der Waals surface area contributed by atoms with Gasteiger partial charge in [-0.3, -0.25) is 9.80 Å². The summed E-state index contributed by atoms with van der Waals surface area (Å²) in [5.74, 6) is 3.50. The fourth-order valence-electron chi connectivity index (χ4n) is 3.52. The Morgan fingerprint density at radius 2 is 1.50 bits per heavy atom. The number of ether oxygens (including phenoxy) is 1. The first-order chi connectivity index (χ1) is 13.8. The van der Waals surface area contributed by atoms with E-state index in [0.29, 0.717) is 13.2 Å². The van der Waals surface area contributed by atoms with E-state index in [4.69, 9.17) is 27.3 Å². The van der Waals surface area contributed by atoms with E-state index in [-0.39, 0.29) is 6.04 Å². The molecule has 2 aromatic rings. The van der Waals surface area contributed by atoms with Crippen molar-refractivity contribution in [3.8, 4) is 0 Å². The Morgan fingerprint density at radius 1 is 0.893 bits per heavy atom. The molecule has 7 heteroatoms. The Balaban J connectivity index is 0.00000136. The summed E-state index contributed by atoms with van der Waals surface area (Å²) in [4.78, 5) is 5.03. The minimum atomic E-state index is 0.268. The van der Waals surface area contributed by atoms with Crippen LogP contribution >= 0.6 is 11.6 Å². The minimum Gasteiger partial charge on any atom is -0.379 e. The number of nitrogens with two attached hydrogens (primary N) is 2. The molecule has 1 fully saturated rings. The van der Waals surface area contributed by atoms with Crippen LogP contribution in [0.25, 0.3) is 0 Å². The van der Waals surface area contributed by atoms with E-state index < -0.39 is 0 Å². The van der Waals surface area contributed by atoms with E-state index in [9.17, 15) is 0 Å². The molecular weight excluding hydrogens is 376 g/mol. The smallest absolute Gasteiger partial charge is 0.0602 e. The third-order valence-corrected chi connectivity index (χ3v) is 5.14. The molecule has 0 aromatic heterocycles. The first-order valence-corrected chi connectivity index (χ1v) is 9.96. The summed E-state index contributed by atoms with van der Waals surface area (Å²) in [6.45, 7) is 7.17. The predicted octanol–water partition coefficient (Wildman–Crippen LogP) is 2.36. The molecule has 3 rings (SSSR count). The van der Waals surface area contributed by atoms with Crippen molar-refractivity contribution in [3.05, 3.63) is 70.7 Å². The lowest BCUT2D eigenvalue weighted by Crippen LogP contribution is -2.48. The Kier molecular flexibility index (Phi) is 10.5. The van der Waals surface area contributed by atoms with Crippen molar-refractivity contribution >= 4 is 11.6 Å². The van der Waals surface area contributed by atoms with E-state index in [1.54, 1.807) is 0 Å². The topological polar surface area (TPSA) is 88.0 Å². The van der Waals surface area contributed by atoms with Gasteiger partial charge in [0, 0.05) is 44.3 Å². The highest BCUT2D eigenvalue weighted by Gasteiger charge is 2.26. The second-order valence-electron chi connectivity index (χ2n) is 6.64. The summed E-state index contributed by atoms with van der Waals surface area (Å²) < 4.78 is 5.52. The maximum Gasteiger partial charge on any atom is 0.0602 e. The average Bonchev–Trinajstić information content (AvgIpc) is 2.76. The van der Waals surface area contributed by atoms with Gasteiger partial charge >= 0.3 is 0 Å². The summed E-state index contributed by atoms with van der Waals surface area (Å²) >= 11 is 6.10. The lowest BCUT2D eigenvalue weighted by atomic mass is 9.96. The zero-order chi connectivity index (χ0) is 20.2. The fraction of sp³-hybridized carbons (Fsp3) is 0.429. The molecule has 0 spiro atoms. The lowest BCUT2D eigenvalue weighted by molar-refractivity contribution is 0.0692. The van der Waals surface area contributed by atoms with Crippen LogP contribution in [0.3, 0.4) is 0 Å². The number of benzene rings is 2. The molecule has 2 aromatic carbocycles. The van der Waals surface area contributed by atoms with Crippen LogP contribution in [0.2, 0.25) is 5.02 Å². The monoisotopic (exact) mass is 406 g/mol. The van der Waals surface area contributed by atoms with Crippen molar-refractivity contribution in [2.24, 2.45) is 11.6 Å². The van der Waals surface area contributed by atoms with Crippen LogP contribution in [0.4, 0.5) is 0 Å². The number of halogens is 1. The van der Waals surface area contributed by atoms with E-state index in [0.717, 1.165) is 44.4 Å². The van der Waals surface area contributed by atoms with Gasteiger partial charge in [-0.2, -0.15) is 0 Å². The van der Waals surface area contributed by atoms with Crippen molar-refractivity contribution < 1.29 is 9.94 Å². The van der Waals surface area contributed by atoms with Crippen LogP contribution in [0.5, 0.6) is 0 Å². The predicted molar refractivity (Wildman–Crippen MR) is 114 cm³/mol. The van der Waals surface area contributed by atoms with Gasteiger partial charge in [0.2, 0.25) is 0 Å².